The maximum atomic E-state index is 3.18. The van der Waals surface area contributed by atoms with Crippen molar-refractivity contribution in [3.05, 3.63) is 18.6 Å². The lowest BCUT2D eigenvalue weighted by molar-refractivity contribution is 0.645. The monoisotopic (exact) mass is 95.1 g/mol. The topological polar surface area (TPSA) is 12.0 Å². The lowest BCUT2D eigenvalue weighted by atomic mass is 10.2. The average Bonchev–Trinajstić information content (AvgIpc) is 1.69. The first-order chi connectivity index (χ1) is 3.39. The summed E-state index contributed by atoms with van der Waals surface area (Å²) in [5.74, 6) is 0. The second-order valence-corrected chi connectivity index (χ2v) is 1.70. The zero-order valence-electron chi connectivity index (χ0n) is 4.44. The Labute approximate surface area is 44.4 Å². The van der Waals surface area contributed by atoms with Gasteiger partial charge >= 0.3 is 0 Å². The molecule has 1 heteroatoms. The molecule has 0 fully saturated rings. The summed E-state index contributed by atoms with van der Waals surface area (Å²) >= 11 is 0. The second kappa shape index (κ2) is 2.12. The number of hydrogen-bond donors (Lipinski definition) is 1. The molecular weight excluding hydrogens is 86.1 g/mol. The van der Waals surface area contributed by atoms with Crippen LogP contribution < -0.4 is 5.32 Å². The highest BCUT2D eigenvalue weighted by atomic mass is 14.9. The van der Waals surface area contributed by atoms with Gasteiger partial charge in [0.1, 0.15) is 0 Å². The molecule has 0 spiro atoms. The van der Waals surface area contributed by atoms with E-state index in [0.717, 1.165) is 6.54 Å². The van der Waals surface area contributed by atoms with Crippen LogP contribution in [0.4, 0.5) is 0 Å². The predicted molar refractivity (Wildman–Crippen MR) is 29.8 cm³/mol. The van der Waals surface area contributed by atoms with Gasteiger partial charge in [-0.2, -0.15) is 0 Å². The average molecular weight is 95.1 g/mol. The first-order valence-electron chi connectivity index (χ1n) is 2.54. The Morgan fingerprint density at radius 2 is 2.71 bits per heavy atom. The van der Waals surface area contributed by atoms with Crippen LogP contribution in [0, 0.1) is 6.42 Å². The van der Waals surface area contributed by atoms with Crippen LogP contribution in [0.2, 0.25) is 0 Å². The smallest absolute Gasteiger partial charge is 0.0263 e. The summed E-state index contributed by atoms with van der Waals surface area (Å²) in [6.45, 7) is 3.08. The van der Waals surface area contributed by atoms with E-state index in [9.17, 15) is 0 Å². The molecule has 1 rings (SSSR count). The van der Waals surface area contributed by atoms with Crippen LogP contribution in [0.15, 0.2) is 12.2 Å². The van der Waals surface area contributed by atoms with Gasteiger partial charge in [0.2, 0.25) is 0 Å². The first-order valence-corrected chi connectivity index (χ1v) is 2.54. The van der Waals surface area contributed by atoms with E-state index in [2.05, 4.69) is 24.7 Å². The van der Waals surface area contributed by atoms with E-state index in [-0.39, 0.29) is 0 Å². The molecule has 1 heterocycles. The molecule has 38 valence electrons. The van der Waals surface area contributed by atoms with Crippen molar-refractivity contribution in [3.8, 4) is 0 Å². The summed E-state index contributed by atoms with van der Waals surface area (Å²) in [5, 5.41) is 3.18. The molecule has 1 nitrogen and oxygen atoms in total. The van der Waals surface area contributed by atoms with E-state index in [4.69, 9.17) is 0 Å². The van der Waals surface area contributed by atoms with Gasteiger partial charge in [0.05, 0.1) is 0 Å². The van der Waals surface area contributed by atoms with E-state index in [1.165, 1.54) is 0 Å². The molecular formula is C6H9N. The van der Waals surface area contributed by atoms with Crippen LogP contribution in [0.5, 0.6) is 0 Å². The summed E-state index contributed by atoms with van der Waals surface area (Å²) in [4.78, 5) is 0. The molecule has 0 saturated carbocycles. The third kappa shape index (κ3) is 1.32. The molecule has 0 aromatic rings. The molecule has 1 atom stereocenters. The molecule has 0 aromatic carbocycles. The van der Waals surface area contributed by atoms with E-state index in [1.807, 2.05) is 6.08 Å². The van der Waals surface area contributed by atoms with Crippen LogP contribution in [0.3, 0.4) is 0 Å². The van der Waals surface area contributed by atoms with Crippen molar-refractivity contribution < 1.29 is 0 Å². The fraction of sp³-hybridized carbons (Fsp3) is 0.500. The number of hydrogen-bond acceptors (Lipinski definition) is 1. The minimum Gasteiger partial charge on any atom is -0.310 e. The Balaban J connectivity index is 2.32. The SMILES string of the molecule is CC1[C]C=CCN1. The Hall–Kier alpha value is -0.300. The Bertz CT molecular complexity index is 76.2. The van der Waals surface area contributed by atoms with Crippen molar-refractivity contribution >= 4 is 0 Å². The fourth-order valence-corrected chi connectivity index (χ4v) is 0.575. The van der Waals surface area contributed by atoms with E-state index in [1.54, 1.807) is 0 Å². The minimum atomic E-state index is 0.449. The molecule has 1 aliphatic rings. The first kappa shape index (κ1) is 4.85. The van der Waals surface area contributed by atoms with Gasteiger partial charge in [-0.1, -0.05) is 12.2 Å². The fourth-order valence-electron chi connectivity index (χ4n) is 0.575. The van der Waals surface area contributed by atoms with Gasteiger partial charge in [0.25, 0.3) is 0 Å². The molecule has 1 unspecified atom stereocenters. The Kier molecular flexibility index (Phi) is 1.47. The van der Waals surface area contributed by atoms with Crippen LogP contribution in [0.25, 0.3) is 0 Å². The zero-order chi connectivity index (χ0) is 5.11. The maximum absolute atomic E-state index is 3.18. The summed E-state index contributed by atoms with van der Waals surface area (Å²) in [6, 6.07) is 0.449. The van der Waals surface area contributed by atoms with Gasteiger partial charge in [0, 0.05) is 19.0 Å². The summed E-state index contributed by atoms with van der Waals surface area (Å²) in [7, 11) is 0. The van der Waals surface area contributed by atoms with Gasteiger partial charge in [-0.25, -0.2) is 0 Å². The van der Waals surface area contributed by atoms with Crippen LogP contribution in [0.1, 0.15) is 6.92 Å². The Morgan fingerprint density at radius 3 is 3.00 bits per heavy atom. The predicted octanol–water partition coefficient (Wildman–Crippen LogP) is 0.616. The third-order valence-electron chi connectivity index (χ3n) is 1.01. The molecule has 7 heavy (non-hydrogen) atoms. The maximum Gasteiger partial charge on any atom is 0.0263 e. The molecule has 1 aliphatic heterocycles. The summed E-state index contributed by atoms with van der Waals surface area (Å²) in [5.41, 5.74) is 0. The van der Waals surface area contributed by atoms with Gasteiger partial charge in [-0.15, -0.1) is 0 Å². The third-order valence-corrected chi connectivity index (χ3v) is 1.01. The second-order valence-electron chi connectivity index (χ2n) is 1.70. The lowest BCUT2D eigenvalue weighted by Crippen LogP contribution is -2.28. The van der Waals surface area contributed by atoms with Crippen molar-refractivity contribution in [1.82, 2.24) is 5.32 Å². The zero-order valence-corrected chi connectivity index (χ0v) is 4.44. The molecule has 1 N–H and O–H groups in total. The van der Waals surface area contributed by atoms with Crippen molar-refractivity contribution in [3.63, 3.8) is 0 Å². The van der Waals surface area contributed by atoms with Crippen LogP contribution in [-0.4, -0.2) is 12.6 Å². The van der Waals surface area contributed by atoms with E-state index < -0.39 is 0 Å². The largest absolute Gasteiger partial charge is 0.310 e. The van der Waals surface area contributed by atoms with Crippen LogP contribution >= 0.6 is 0 Å². The standard InChI is InChI=1S/C6H9N/c1-6-4-2-3-5-7-6/h2-3,6-7H,5H2,1H3. The van der Waals surface area contributed by atoms with Gasteiger partial charge in [0.15, 0.2) is 0 Å². The molecule has 0 amide bonds. The van der Waals surface area contributed by atoms with Crippen molar-refractivity contribution in [2.75, 3.05) is 6.54 Å². The van der Waals surface area contributed by atoms with Crippen molar-refractivity contribution in [2.45, 2.75) is 13.0 Å². The highest BCUT2D eigenvalue weighted by Crippen LogP contribution is 1.94. The normalized spacial score (nSPS) is 30.7. The quantitative estimate of drug-likeness (QED) is 0.465. The van der Waals surface area contributed by atoms with Crippen molar-refractivity contribution in [1.29, 1.82) is 0 Å². The molecule has 2 radical (unpaired) electrons. The molecule has 0 aliphatic carbocycles. The van der Waals surface area contributed by atoms with E-state index >= 15 is 0 Å². The minimum absolute atomic E-state index is 0.449. The van der Waals surface area contributed by atoms with Gasteiger partial charge in [-0.3, -0.25) is 0 Å². The highest BCUT2D eigenvalue weighted by molar-refractivity contribution is 5.05. The summed E-state index contributed by atoms with van der Waals surface area (Å²) in [6.07, 6.45) is 7.12. The van der Waals surface area contributed by atoms with Crippen LogP contribution in [-0.2, 0) is 0 Å². The van der Waals surface area contributed by atoms with Crippen molar-refractivity contribution in [2.24, 2.45) is 0 Å². The number of rotatable bonds is 0. The molecule has 0 aromatic heterocycles. The molecule has 0 bridgehead atoms. The Morgan fingerprint density at radius 1 is 1.86 bits per heavy atom. The molecule has 0 saturated heterocycles. The van der Waals surface area contributed by atoms with Gasteiger partial charge < -0.3 is 5.32 Å². The lowest BCUT2D eigenvalue weighted by Gasteiger charge is -2.11. The van der Waals surface area contributed by atoms with E-state index in [0.29, 0.717) is 6.04 Å². The van der Waals surface area contributed by atoms with Gasteiger partial charge in [-0.05, 0) is 6.92 Å². The number of nitrogens with one attached hydrogen (secondary N) is 1. The highest BCUT2D eigenvalue weighted by Gasteiger charge is 1.99. The summed E-state index contributed by atoms with van der Waals surface area (Å²) < 4.78 is 0.